The van der Waals surface area contributed by atoms with E-state index in [-0.39, 0.29) is 11.8 Å². The standard InChI is InChI=1S/C18H24N2O2S/c1-18(17(22)19-11-3-4-12-19)10-9-16(21)20(18)13-14-5-7-15(23-2)8-6-14/h5-8H,3-4,9-13H2,1-2H3. The van der Waals surface area contributed by atoms with Crippen LogP contribution in [-0.4, -0.2) is 46.5 Å². The van der Waals surface area contributed by atoms with Gasteiger partial charge >= 0.3 is 0 Å². The van der Waals surface area contributed by atoms with E-state index in [0.717, 1.165) is 31.5 Å². The Balaban J connectivity index is 1.79. The van der Waals surface area contributed by atoms with Crippen molar-refractivity contribution in [3.63, 3.8) is 0 Å². The predicted octanol–water partition coefficient (Wildman–Crippen LogP) is 2.91. The molecule has 0 aliphatic carbocycles. The van der Waals surface area contributed by atoms with E-state index in [1.807, 2.05) is 18.1 Å². The van der Waals surface area contributed by atoms with Gasteiger partial charge in [-0.2, -0.15) is 0 Å². The summed E-state index contributed by atoms with van der Waals surface area (Å²) in [6.45, 7) is 4.12. The predicted molar refractivity (Wildman–Crippen MR) is 92.2 cm³/mol. The van der Waals surface area contributed by atoms with Gasteiger partial charge in [-0.1, -0.05) is 12.1 Å². The summed E-state index contributed by atoms with van der Waals surface area (Å²) in [5.74, 6) is 0.218. The number of hydrogen-bond acceptors (Lipinski definition) is 3. The van der Waals surface area contributed by atoms with E-state index in [2.05, 4.69) is 24.3 Å². The number of nitrogens with zero attached hydrogens (tertiary/aromatic N) is 2. The van der Waals surface area contributed by atoms with Gasteiger partial charge in [-0.3, -0.25) is 9.59 Å². The fourth-order valence-corrected chi connectivity index (χ4v) is 3.96. The summed E-state index contributed by atoms with van der Waals surface area (Å²) in [5.41, 5.74) is 0.401. The van der Waals surface area contributed by atoms with Gasteiger partial charge < -0.3 is 9.80 Å². The first-order valence-corrected chi connectivity index (χ1v) is 9.50. The Kier molecular flexibility index (Phi) is 4.67. The highest BCUT2D eigenvalue weighted by molar-refractivity contribution is 7.98. The van der Waals surface area contributed by atoms with E-state index >= 15 is 0 Å². The van der Waals surface area contributed by atoms with Crippen molar-refractivity contribution in [3.8, 4) is 0 Å². The number of rotatable bonds is 4. The van der Waals surface area contributed by atoms with Gasteiger partial charge in [-0.15, -0.1) is 11.8 Å². The summed E-state index contributed by atoms with van der Waals surface area (Å²) in [7, 11) is 0. The number of hydrogen-bond donors (Lipinski definition) is 0. The van der Waals surface area contributed by atoms with Gasteiger partial charge in [0, 0.05) is 31.0 Å². The number of likely N-dealkylation sites (tertiary alicyclic amines) is 2. The monoisotopic (exact) mass is 332 g/mol. The Labute approximate surface area is 142 Å². The molecule has 23 heavy (non-hydrogen) atoms. The lowest BCUT2D eigenvalue weighted by atomic mass is 9.96. The Bertz CT molecular complexity index is 596. The van der Waals surface area contributed by atoms with E-state index < -0.39 is 5.54 Å². The molecule has 0 aromatic heterocycles. The molecule has 3 rings (SSSR count). The molecule has 1 unspecified atom stereocenters. The van der Waals surface area contributed by atoms with Crippen LogP contribution in [0, 0.1) is 0 Å². The molecule has 2 fully saturated rings. The second kappa shape index (κ2) is 6.56. The first kappa shape index (κ1) is 16.4. The summed E-state index contributed by atoms with van der Waals surface area (Å²) in [6.07, 6.45) is 5.30. The van der Waals surface area contributed by atoms with E-state index in [9.17, 15) is 9.59 Å². The molecule has 0 saturated carbocycles. The van der Waals surface area contributed by atoms with Gasteiger partial charge in [-0.05, 0) is 50.1 Å². The Morgan fingerprint density at radius 3 is 2.48 bits per heavy atom. The normalized spacial score (nSPS) is 24.5. The topological polar surface area (TPSA) is 40.6 Å². The summed E-state index contributed by atoms with van der Waals surface area (Å²) in [5, 5.41) is 0. The highest BCUT2D eigenvalue weighted by atomic mass is 32.2. The van der Waals surface area contributed by atoms with Crippen molar-refractivity contribution in [2.75, 3.05) is 19.3 Å². The largest absolute Gasteiger partial charge is 0.341 e. The second-order valence-electron chi connectivity index (χ2n) is 6.60. The fourth-order valence-electron chi connectivity index (χ4n) is 3.55. The first-order chi connectivity index (χ1) is 11.0. The minimum absolute atomic E-state index is 0.0917. The van der Waals surface area contributed by atoms with Gasteiger partial charge in [0.05, 0.1) is 0 Å². The molecule has 1 aromatic carbocycles. The van der Waals surface area contributed by atoms with Crippen molar-refractivity contribution >= 4 is 23.6 Å². The molecule has 4 nitrogen and oxygen atoms in total. The van der Waals surface area contributed by atoms with Crippen LogP contribution in [0.15, 0.2) is 29.2 Å². The molecule has 0 spiro atoms. The smallest absolute Gasteiger partial charge is 0.248 e. The van der Waals surface area contributed by atoms with Gasteiger partial charge in [0.15, 0.2) is 0 Å². The minimum Gasteiger partial charge on any atom is -0.341 e. The zero-order valence-corrected chi connectivity index (χ0v) is 14.7. The van der Waals surface area contributed by atoms with Crippen molar-refractivity contribution in [2.45, 2.75) is 49.6 Å². The van der Waals surface area contributed by atoms with Crippen LogP contribution in [0.4, 0.5) is 0 Å². The maximum atomic E-state index is 12.9. The van der Waals surface area contributed by atoms with Crippen molar-refractivity contribution in [2.24, 2.45) is 0 Å². The van der Waals surface area contributed by atoms with Crippen molar-refractivity contribution in [1.29, 1.82) is 0 Å². The lowest BCUT2D eigenvalue weighted by Crippen LogP contribution is -2.54. The Hall–Kier alpha value is -1.49. The second-order valence-corrected chi connectivity index (χ2v) is 7.48. The summed E-state index contributed by atoms with van der Waals surface area (Å²) in [4.78, 5) is 30.3. The summed E-state index contributed by atoms with van der Waals surface area (Å²) in [6, 6.07) is 8.25. The van der Waals surface area contributed by atoms with Gasteiger partial charge in [-0.25, -0.2) is 0 Å². The molecule has 0 N–H and O–H groups in total. The molecular weight excluding hydrogens is 308 g/mol. The van der Waals surface area contributed by atoms with Crippen LogP contribution < -0.4 is 0 Å². The average molecular weight is 332 g/mol. The van der Waals surface area contributed by atoms with Crippen LogP contribution in [0.25, 0.3) is 0 Å². The fraction of sp³-hybridized carbons (Fsp3) is 0.556. The van der Waals surface area contributed by atoms with E-state index in [1.54, 1.807) is 16.7 Å². The third kappa shape index (κ3) is 3.11. The first-order valence-electron chi connectivity index (χ1n) is 8.27. The molecule has 0 bridgehead atoms. The van der Waals surface area contributed by atoms with Crippen LogP contribution in [0.1, 0.15) is 38.2 Å². The molecule has 1 atom stereocenters. The molecule has 124 valence electrons. The molecule has 0 radical (unpaired) electrons. The molecule has 2 saturated heterocycles. The summed E-state index contributed by atoms with van der Waals surface area (Å²) >= 11 is 1.70. The van der Waals surface area contributed by atoms with Crippen LogP contribution in [-0.2, 0) is 16.1 Å². The van der Waals surface area contributed by atoms with Gasteiger partial charge in [0.2, 0.25) is 11.8 Å². The molecule has 2 heterocycles. The Morgan fingerprint density at radius 1 is 1.22 bits per heavy atom. The van der Waals surface area contributed by atoms with E-state index in [1.165, 1.54) is 4.90 Å². The molecule has 1 aromatic rings. The summed E-state index contributed by atoms with van der Waals surface area (Å²) < 4.78 is 0. The lowest BCUT2D eigenvalue weighted by Gasteiger charge is -2.37. The number of carbonyl (C=O) groups is 2. The maximum absolute atomic E-state index is 12.9. The van der Waals surface area contributed by atoms with Crippen LogP contribution >= 0.6 is 11.8 Å². The minimum atomic E-state index is -0.681. The lowest BCUT2D eigenvalue weighted by molar-refractivity contribution is -0.147. The molecule has 2 amide bonds. The van der Waals surface area contributed by atoms with Crippen LogP contribution in [0.3, 0.4) is 0 Å². The Morgan fingerprint density at radius 2 is 1.87 bits per heavy atom. The zero-order chi connectivity index (χ0) is 16.4. The number of thioether (sulfide) groups is 1. The molecule has 2 aliphatic heterocycles. The zero-order valence-electron chi connectivity index (χ0n) is 13.9. The van der Waals surface area contributed by atoms with Crippen molar-refractivity contribution < 1.29 is 9.59 Å². The SMILES string of the molecule is CSc1ccc(CN2C(=O)CCC2(C)C(=O)N2CCCC2)cc1. The number of benzene rings is 1. The third-order valence-electron chi connectivity index (χ3n) is 5.08. The average Bonchev–Trinajstić information content (AvgIpc) is 3.19. The quantitative estimate of drug-likeness (QED) is 0.796. The van der Waals surface area contributed by atoms with Crippen LogP contribution in [0.2, 0.25) is 0 Å². The number of amides is 2. The van der Waals surface area contributed by atoms with Gasteiger partial charge in [0.1, 0.15) is 5.54 Å². The number of carbonyl (C=O) groups excluding carboxylic acids is 2. The van der Waals surface area contributed by atoms with Crippen molar-refractivity contribution in [1.82, 2.24) is 9.80 Å². The highest BCUT2D eigenvalue weighted by Gasteiger charge is 2.49. The van der Waals surface area contributed by atoms with Crippen LogP contribution in [0.5, 0.6) is 0 Å². The third-order valence-corrected chi connectivity index (χ3v) is 5.82. The van der Waals surface area contributed by atoms with E-state index in [4.69, 9.17) is 0 Å². The molecule has 5 heteroatoms. The van der Waals surface area contributed by atoms with Crippen molar-refractivity contribution in [3.05, 3.63) is 29.8 Å². The molecule has 2 aliphatic rings. The van der Waals surface area contributed by atoms with Gasteiger partial charge in [0.25, 0.3) is 0 Å². The molecular formula is C18H24N2O2S. The maximum Gasteiger partial charge on any atom is 0.248 e. The highest BCUT2D eigenvalue weighted by Crippen LogP contribution is 2.34. The van der Waals surface area contributed by atoms with E-state index in [0.29, 0.717) is 19.4 Å².